The van der Waals surface area contributed by atoms with Crippen LogP contribution in [0.2, 0.25) is 0 Å². The fourth-order valence-electron chi connectivity index (χ4n) is 3.43. The monoisotopic (exact) mass is 282 g/mol. The molecule has 0 saturated carbocycles. The van der Waals surface area contributed by atoms with E-state index in [1.165, 1.54) is 19.3 Å². The number of carbonyl (C=O) groups excluding carboxylic acids is 1. The van der Waals surface area contributed by atoms with Gasteiger partial charge in [-0.3, -0.25) is 4.79 Å². The number of nitrogens with zero attached hydrogens (tertiary/aromatic N) is 2. The number of hydrogen-bond donors (Lipinski definition) is 1. The second-order valence-electron chi connectivity index (χ2n) is 6.54. The highest BCUT2D eigenvalue weighted by atomic mass is 16.3. The van der Waals surface area contributed by atoms with Crippen molar-refractivity contribution in [3.63, 3.8) is 0 Å². The second-order valence-corrected chi connectivity index (χ2v) is 6.54. The van der Waals surface area contributed by atoms with Crippen molar-refractivity contribution >= 4 is 5.91 Å². The fourth-order valence-corrected chi connectivity index (χ4v) is 3.43. The average molecular weight is 282 g/mol. The van der Waals surface area contributed by atoms with Crippen molar-refractivity contribution in [1.29, 1.82) is 0 Å². The molecule has 4 nitrogen and oxygen atoms in total. The highest BCUT2D eigenvalue weighted by molar-refractivity contribution is 5.76. The van der Waals surface area contributed by atoms with E-state index in [0.717, 1.165) is 52.0 Å². The summed E-state index contributed by atoms with van der Waals surface area (Å²) in [6.45, 7) is 7.35. The van der Waals surface area contributed by atoms with E-state index in [1.54, 1.807) is 0 Å². The van der Waals surface area contributed by atoms with Crippen LogP contribution in [0.25, 0.3) is 0 Å². The molecule has 1 amide bonds. The number of amides is 1. The van der Waals surface area contributed by atoms with Crippen LogP contribution in [-0.2, 0) is 4.79 Å². The molecule has 0 aliphatic carbocycles. The van der Waals surface area contributed by atoms with Crippen LogP contribution < -0.4 is 0 Å². The van der Waals surface area contributed by atoms with E-state index < -0.39 is 0 Å². The van der Waals surface area contributed by atoms with Crippen molar-refractivity contribution in [1.82, 2.24) is 9.80 Å². The smallest absolute Gasteiger partial charge is 0.223 e. The van der Waals surface area contributed by atoms with E-state index in [2.05, 4.69) is 11.8 Å². The van der Waals surface area contributed by atoms with Crippen molar-refractivity contribution in [3.8, 4) is 0 Å². The zero-order valence-electron chi connectivity index (χ0n) is 12.9. The lowest BCUT2D eigenvalue weighted by Crippen LogP contribution is -2.43. The molecule has 0 bridgehead atoms. The largest absolute Gasteiger partial charge is 0.396 e. The number of hydrogen-bond acceptors (Lipinski definition) is 3. The summed E-state index contributed by atoms with van der Waals surface area (Å²) in [5.74, 6) is 0.333. The standard InChI is InChI=1S/C16H30N2O2/c1-2-16(14-19)7-12-17(13-8-16)11-6-15(20)18-9-4-3-5-10-18/h19H,2-14H2,1H3. The molecule has 20 heavy (non-hydrogen) atoms. The molecule has 4 heteroatoms. The molecular formula is C16H30N2O2. The molecule has 1 N–H and O–H groups in total. The van der Waals surface area contributed by atoms with Gasteiger partial charge < -0.3 is 14.9 Å². The van der Waals surface area contributed by atoms with Crippen LogP contribution in [0.15, 0.2) is 0 Å². The van der Waals surface area contributed by atoms with E-state index in [4.69, 9.17) is 0 Å². The molecule has 0 atom stereocenters. The van der Waals surface area contributed by atoms with Gasteiger partial charge in [0.1, 0.15) is 0 Å². The van der Waals surface area contributed by atoms with Crippen LogP contribution >= 0.6 is 0 Å². The Morgan fingerprint density at radius 1 is 1.10 bits per heavy atom. The molecule has 0 unspecified atom stereocenters. The lowest BCUT2D eigenvalue weighted by atomic mass is 9.77. The van der Waals surface area contributed by atoms with Crippen LogP contribution in [0.3, 0.4) is 0 Å². The molecular weight excluding hydrogens is 252 g/mol. The fraction of sp³-hybridized carbons (Fsp3) is 0.938. The van der Waals surface area contributed by atoms with Crippen molar-refractivity contribution in [2.75, 3.05) is 39.3 Å². The average Bonchev–Trinajstić information content (AvgIpc) is 2.54. The summed E-state index contributed by atoms with van der Waals surface area (Å²) in [5.41, 5.74) is 0.146. The molecule has 0 spiro atoms. The summed E-state index contributed by atoms with van der Waals surface area (Å²) < 4.78 is 0. The lowest BCUT2D eigenvalue weighted by molar-refractivity contribution is -0.132. The molecule has 0 radical (unpaired) electrons. The minimum absolute atomic E-state index is 0.146. The Morgan fingerprint density at radius 2 is 1.75 bits per heavy atom. The number of carbonyl (C=O) groups is 1. The van der Waals surface area contributed by atoms with Gasteiger partial charge in [0.25, 0.3) is 0 Å². The second kappa shape index (κ2) is 7.41. The number of piperidine rings is 2. The Hall–Kier alpha value is -0.610. The first-order valence-electron chi connectivity index (χ1n) is 8.30. The molecule has 2 rings (SSSR count). The molecule has 0 aromatic heterocycles. The lowest BCUT2D eigenvalue weighted by Gasteiger charge is -2.40. The van der Waals surface area contributed by atoms with E-state index in [0.29, 0.717) is 18.9 Å². The van der Waals surface area contributed by atoms with E-state index in [1.807, 2.05) is 4.90 Å². The summed E-state index contributed by atoms with van der Waals surface area (Å²) in [7, 11) is 0. The Morgan fingerprint density at radius 3 is 2.30 bits per heavy atom. The van der Waals surface area contributed by atoms with E-state index in [9.17, 15) is 9.90 Å². The first kappa shape index (κ1) is 15.8. The van der Waals surface area contributed by atoms with Gasteiger partial charge in [-0.05, 0) is 57.0 Å². The van der Waals surface area contributed by atoms with Gasteiger partial charge in [-0.25, -0.2) is 0 Å². The highest BCUT2D eigenvalue weighted by Crippen LogP contribution is 2.34. The third-order valence-corrected chi connectivity index (χ3v) is 5.35. The Labute approximate surface area is 123 Å². The molecule has 116 valence electrons. The normalized spacial score (nSPS) is 23.8. The van der Waals surface area contributed by atoms with E-state index >= 15 is 0 Å². The summed E-state index contributed by atoms with van der Waals surface area (Å²) in [4.78, 5) is 16.6. The minimum Gasteiger partial charge on any atom is -0.396 e. The topological polar surface area (TPSA) is 43.8 Å². The molecule has 0 aromatic carbocycles. The van der Waals surface area contributed by atoms with Gasteiger partial charge in [-0.2, -0.15) is 0 Å². The Balaban J connectivity index is 1.69. The van der Waals surface area contributed by atoms with Crippen molar-refractivity contribution < 1.29 is 9.90 Å². The summed E-state index contributed by atoms with van der Waals surface area (Å²) in [6.07, 6.45) is 7.48. The number of likely N-dealkylation sites (tertiary alicyclic amines) is 2. The van der Waals surface area contributed by atoms with Gasteiger partial charge in [0.05, 0.1) is 0 Å². The molecule has 2 fully saturated rings. The van der Waals surface area contributed by atoms with Crippen LogP contribution in [-0.4, -0.2) is 60.1 Å². The molecule has 2 saturated heterocycles. The first-order chi connectivity index (χ1) is 9.69. The minimum atomic E-state index is 0.146. The highest BCUT2D eigenvalue weighted by Gasteiger charge is 2.32. The van der Waals surface area contributed by atoms with Gasteiger partial charge in [0.15, 0.2) is 0 Å². The predicted molar refractivity (Wildman–Crippen MR) is 80.5 cm³/mol. The molecule has 2 aliphatic rings. The van der Waals surface area contributed by atoms with Crippen LogP contribution in [0.5, 0.6) is 0 Å². The summed E-state index contributed by atoms with van der Waals surface area (Å²) in [5, 5.41) is 9.54. The third-order valence-electron chi connectivity index (χ3n) is 5.35. The molecule has 2 aliphatic heterocycles. The quantitative estimate of drug-likeness (QED) is 0.837. The number of aliphatic hydroxyl groups is 1. The van der Waals surface area contributed by atoms with E-state index in [-0.39, 0.29) is 5.41 Å². The number of aliphatic hydroxyl groups excluding tert-OH is 1. The van der Waals surface area contributed by atoms with Crippen molar-refractivity contribution in [3.05, 3.63) is 0 Å². The van der Waals surface area contributed by atoms with Gasteiger partial charge in [-0.15, -0.1) is 0 Å². The third kappa shape index (κ3) is 3.95. The van der Waals surface area contributed by atoms with Gasteiger partial charge >= 0.3 is 0 Å². The van der Waals surface area contributed by atoms with Crippen molar-refractivity contribution in [2.24, 2.45) is 5.41 Å². The Bertz CT molecular complexity index is 300. The molecule has 2 heterocycles. The SMILES string of the molecule is CCC1(CO)CCN(CCC(=O)N2CCCCC2)CC1. The maximum absolute atomic E-state index is 12.1. The van der Waals surface area contributed by atoms with Gasteiger partial charge in [-0.1, -0.05) is 6.92 Å². The maximum atomic E-state index is 12.1. The molecule has 0 aromatic rings. The first-order valence-corrected chi connectivity index (χ1v) is 8.30. The Kier molecular flexibility index (Phi) is 5.85. The van der Waals surface area contributed by atoms with Crippen LogP contribution in [0, 0.1) is 5.41 Å². The summed E-state index contributed by atoms with van der Waals surface area (Å²) in [6, 6.07) is 0. The zero-order chi connectivity index (χ0) is 14.4. The van der Waals surface area contributed by atoms with Gasteiger partial charge in [0.2, 0.25) is 5.91 Å². The van der Waals surface area contributed by atoms with Crippen LogP contribution in [0.1, 0.15) is 51.9 Å². The van der Waals surface area contributed by atoms with Crippen LogP contribution in [0.4, 0.5) is 0 Å². The zero-order valence-corrected chi connectivity index (χ0v) is 12.9. The van der Waals surface area contributed by atoms with Crippen molar-refractivity contribution in [2.45, 2.75) is 51.9 Å². The predicted octanol–water partition coefficient (Wildman–Crippen LogP) is 1.87. The number of rotatable bonds is 5. The van der Waals surface area contributed by atoms with Gasteiger partial charge in [0, 0.05) is 32.7 Å². The summed E-state index contributed by atoms with van der Waals surface area (Å²) >= 11 is 0. The maximum Gasteiger partial charge on any atom is 0.223 e.